The Morgan fingerprint density at radius 1 is 1.47 bits per heavy atom. The Balaban J connectivity index is 3.54. The van der Waals surface area contributed by atoms with Gasteiger partial charge in [-0.15, -0.1) is 13.2 Å². The first-order valence-electron chi connectivity index (χ1n) is 4.36. The van der Waals surface area contributed by atoms with E-state index in [-0.39, 0.29) is 0 Å². The lowest BCUT2D eigenvalue weighted by Crippen LogP contribution is -2.20. The van der Waals surface area contributed by atoms with Gasteiger partial charge in [0.25, 0.3) is 5.69 Å². The van der Waals surface area contributed by atoms with Crippen LogP contribution >= 0.6 is 0 Å². The van der Waals surface area contributed by atoms with Crippen molar-refractivity contribution in [3.8, 4) is 5.88 Å². The fraction of sp³-hybridized carbons (Fsp3) is 0.286. The lowest BCUT2D eigenvalue weighted by molar-refractivity contribution is -0.388. The highest BCUT2D eigenvalue weighted by Gasteiger charge is 2.36. The molecule has 0 aliphatic rings. The van der Waals surface area contributed by atoms with Crippen molar-refractivity contribution in [3.63, 3.8) is 0 Å². The SMILES string of the molecule is Cc1c(OC(F)(F)F)ncc(S(N)(=O)=O)c1[N+](=O)[O-]. The number of aromatic nitrogens is 1. The number of rotatable bonds is 3. The maximum Gasteiger partial charge on any atom is 0.574 e. The maximum atomic E-state index is 12.0. The standard InChI is InChI=1S/C7H6F3N3O5S/c1-3-5(13(14)15)4(19(11,16)17)2-12-6(3)18-7(8,9)10/h2H,1H3,(H2,11,16,17). The van der Waals surface area contributed by atoms with Crippen LogP contribution in [0.5, 0.6) is 5.88 Å². The molecule has 0 saturated heterocycles. The van der Waals surface area contributed by atoms with Gasteiger partial charge >= 0.3 is 6.36 Å². The van der Waals surface area contributed by atoms with Crippen LogP contribution in [-0.4, -0.2) is 24.7 Å². The molecule has 1 aromatic rings. The van der Waals surface area contributed by atoms with Gasteiger partial charge in [0.05, 0.1) is 16.7 Å². The van der Waals surface area contributed by atoms with Gasteiger partial charge in [0, 0.05) is 0 Å². The Labute approximate surface area is 104 Å². The Hall–Kier alpha value is -1.95. The highest BCUT2D eigenvalue weighted by molar-refractivity contribution is 7.89. The van der Waals surface area contributed by atoms with Gasteiger partial charge in [0.2, 0.25) is 15.9 Å². The van der Waals surface area contributed by atoms with Crippen LogP contribution in [0.3, 0.4) is 0 Å². The normalized spacial score (nSPS) is 12.3. The minimum Gasteiger partial charge on any atom is -0.387 e. The summed E-state index contributed by atoms with van der Waals surface area (Å²) in [5.41, 5.74) is -1.81. The van der Waals surface area contributed by atoms with Crippen LogP contribution < -0.4 is 9.88 Å². The lowest BCUT2D eigenvalue weighted by atomic mass is 10.2. The molecule has 2 N–H and O–H groups in total. The Morgan fingerprint density at radius 3 is 2.37 bits per heavy atom. The Kier molecular flexibility index (Phi) is 3.67. The molecule has 0 aromatic carbocycles. The highest BCUT2D eigenvalue weighted by Crippen LogP contribution is 2.33. The minimum atomic E-state index is -5.12. The largest absolute Gasteiger partial charge is 0.574 e. The fourth-order valence-electron chi connectivity index (χ4n) is 1.21. The van der Waals surface area contributed by atoms with Crippen LogP contribution in [0.25, 0.3) is 0 Å². The molecule has 0 bridgehead atoms. The number of pyridine rings is 1. The predicted octanol–water partition coefficient (Wildman–Crippen LogP) is 0.844. The summed E-state index contributed by atoms with van der Waals surface area (Å²) in [5, 5.41) is 15.4. The van der Waals surface area contributed by atoms with Gasteiger partial charge in [0.15, 0.2) is 4.90 Å². The molecule has 0 radical (unpaired) electrons. The van der Waals surface area contributed by atoms with E-state index in [1.807, 2.05) is 0 Å². The molecule has 12 heteroatoms. The molecular weight excluding hydrogens is 295 g/mol. The zero-order valence-electron chi connectivity index (χ0n) is 9.13. The van der Waals surface area contributed by atoms with Crippen LogP contribution in [-0.2, 0) is 10.0 Å². The summed E-state index contributed by atoms with van der Waals surface area (Å²) in [4.78, 5) is 11.6. The number of nitrogens with two attached hydrogens (primary N) is 1. The number of sulfonamides is 1. The molecule has 0 atom stereocenters. The van der Waals surface area contributed by atoms with E-state index in [0.717, 1.165) is 6.92 Å². The first-order chi connectivity index (χ1) is 8.43. The number of hydrogen-bond donors (Lipinski definition) is 1. The molecular formula is C7H6F3N3O5S. The van der Waals surface area contributed by atoms with Crippen molar-refractivity contribution < 1.29 is 31.2 Å². The van der Waals surface area contributed by atoms with Crippen molar-refractivity contribution in [1.82, 2.24) is 4.98 Å². The minimum absolute atomic E-state index is 0.335. The second kappa shape index (κ2) is 4.62. The number of nitro groups is 1. The highest BCUT2D eigenvalue weighted by atomic mass is 32.2. The molecule has 0 fully saturated rings. The number of alkyl halides is 3. The van der Waals surface area contributed by atoms with E-state index in [9.17, 15) is 31.7 Å². The number of halogens is 3. The Morgan fingerprint density at radius 2 is 2.00 bits per heavy atom. The fourth-order valence-corrected chi connectivity index (χ4v) is 1.91. The molecule has 0 aliphatic heterocycles. The van der Waals surface area contributed by atoms with Crippen LogP contribution in [0.2, 0.25) is 0 Å². The van der Waals surface area contributed by atoms with Crippen molar-refractivity contribution in [1.29, 1.82) is 0 Å². The summed E-state index contributed by atoms with van der Waals surface area (Å²) < 4.78 is 61.6. The van der Waals surface area contributed by atoms with Crippen molar-refractivity contribution in [2.45, 2.75) is 18.2 Å². The number of ether oxygens (including phenoxy) is 1. The molecule has 0 aliphatic carbocycles. The topological polar surface area (TPSA) is 125 Å². The zero-order chi connectivity index (χ0) is 15.0. The second-order valence-electron chi connectivity index (χ2n) is 3.25. The lowest BCUT2D eigenvalue weighted by Gasteiger charge is -2.11. The van der Waals surface area contributed by atoms with Gasteiger partial charge in [-0.2, -0.15) is 0 Å². The quantitative estimate of drug-likeness (QED) is 0.651. The Bertz CT molecular complexity index is 628. The summed E-state index contributed by atoms with van der Waals surface area (Å²) in [6.07, 6.45) is -4.78. The third-order valence-corrected chi connectivity index (χ3v) is 2.82. The molecule has 106 valence electrons. The summed E-state index contributed by atoms with van der Waals surface area (Å²) in [7, 11) is -4.50. The van der Waals surface area contributed by atoms with E-state index in [4.69, 9.17) is 5.14 Å². The average Bonchev–Trinajstić information content (AvgIpc) is 2.16. The van der Waals surface area contributed by atoms with Crippen molar-refractivity contribution >= 4 is 15.7 Å². The molecule has 0 amide bonds. The monoisotopic (exact) mass is 301 g/mol. The van der Waals surface area contributed by atoms with Crippen molar-refractivity contribution in [3.05, 3.63) is 21.9 Å². The van der Waals surface area contributed by atoms with E-state index in [2.05, 4.69) is 9.72 Å². The maximum absolute atomic E-state index is 12.0. The van der Waals surface area contributed by atoms with Crippen LogP contribution in [0.1, 0.15) is 5.56 Å². The van der Waals surface area contributed by atoms with Gasteiger partial charge in [-0.25, -0.2) is 18.5 Å². The van der Waals surface area contributed by atoms with Gasteiger partial charge < -0.3 is 4.74 Å². The summed E-state index contributed by atoms with van der Waals surface area (Å²) >= 11 is 0. The third kappa shape index (κ3) is 3.51. The predicted molar refractivity (Wildman–Crippen MR) is 53.7 cm³/mol. The summed E-state index contributed by atoms with van der Waals surface area (Å²) in [5.74, 6) is -1.12. The van der Waals surface area contributed by atoms with E-state index in [1.54, 1.807) is 0 Å². The molecule has 1 heterocycles. The summed E-state index contributed by atoms with van der Waals surface area (Å²) in [6, 6.07) is 0. The molecule has 8 nitrogen and oxygen atoms in total. The first kappa shape index (κ1) is 15.1. The number of nitrogens with zero attached hydrogens (tertiary/aromatic N) is 2. The smallest absolute Gasteiger partial charge is 0.387 e. The number of primary sulfonamides is 1. The van der Waals surface area contributed by atoms with Crippen molar-refractivity contribution in [2.75, 3.05) is 0 Å². The molecule has 19 heavy (non-hydrogen) atoms. The third-order valence-electron chi connectivity index (χ3n) is 1.91. The first-order valence-corrected chi connectivity index (χ1v) is 5.90. The van der Waals surface area contributed by atoms with Gasteiger partial charge in [0.1, 0.15) is 0 Å². The van der Waals surface area contributed by atoms with Crippen LogP contribution in [0, 0.1) is 17.0 Å². The van der Waals surface area contributed by atoms with Crippen molar-refractivity contribution in [2.24, 2.45) is 5.14 Å². The molecule has 1 rings (SSSR count). The summed E-state index contributed by atoms with van der Waals surface area (Å²) in [6.45, 7) is 0.862. The molecule has 1 aromatic heterocycles. The van der Waals surface area contributed by atoms with Gasteiger partial charge in [-0.1, -0.05) is 0 Å². The number of hydrogen-bond acceptors (Lipinski definition) is 6. The average molecular weight is 301 g/mol. The molecule has 0 saturated carbocycles. The molecule has 0 unspecified atom stereocenters. The van der Waals surface area contributed by atoms with Crippen LogP contribution in [0.15, 0.2) is 11.1 Å². The van der Waals surface area contributed by atoms with E-state index in [0.29, 0.717) is 6.20 Å². The van der Waals surface area contributed by atoms with E-state index < -0.39 is 43.3 Å². The van der Waals surface area contributed by atoms with E-state index >= 15 is 0 Å². The molecule has 0 spiro atoms. The van der Waals surface area contributed by atoms with Gasteiger partial charge in [-0.3, -0.25) is 10.1 Å². The van der Waals surface area contributed by atoms with Gasteiger partial charge in [-0.05, 0) is 6.92 Å². The second-order valence-corrected chi connectivity index (χ2v) is 4.78. The zero-order valence-corrected chi connectivity index (χ0v) is 9.95. The van der Waals surface area contributed by atoms with Crippen LogP contribution in [0.4, 0.5) is 18.9 Å². The van der Waals surface area contributed by atoms with E-state index in [1.165, 1.54) is 0 Å².